The molecule has 19 heteroatoms. The lowest BCUT2D eigenvalue weighted by atomic mass is 10.1. The van der Waals surface area contributed by atoms with Crippen molar-refractivity contribution in [3.63, 3.8) is 0 Å². The second-order valence-electron chi connectivity index (χ2n) is 11.4. The number of anilines is 5. The zero-order valence-electron chi connectivity index (χ0n) is 28.9. The number of aryl methyl sites for hydroxylation is 2. The minimum atomic E-state index is -1.34. The number of thiazole rings is 1. The van der Waals surface area contributed by atoms with E-state index in [4.69, 9.17) is 9.57 Å². The van der Waals surface area contributed by atoms with Gasteiger partial charge in [-0.3, -0.25) is 34.7 Å². The molecule has 4 aromatic rings. The van der Waals surface area contributed by atoms with Gasteiger partial charge >= 0.3 is 5.00 Å². The third kappa shape index (κ3) is 11.7. The van der Waals surface area contributed by atoms with E-state index in [2.05, 4.69) is 37.0 Å². The number of aromatic nitrogens is 1. The molecule has 53 heavy (non-hydrogen) atoms. The molecule has 0 spiro atoms. The standard InChI is InChI=1S/C34H37F3N8O7S/c1-19-5-10-27(26(36)17-19)42-30-24(8-9-25(35)29(30)37)32(48)44-52-14-4-11-38-12-15-51-16-13-39-22-6-7-23(28(18-22)41-21(3)46)31(47)43-34-40-20(2)33(53-34)45(49)50/h5-10,17-18,38-39,42H,4,11-16H2,1-3H3,(H,41,46)(H,44,48)(H,40,43,47). The Morgan fingerprint density at radius 3 is 2.34 bits per heavy atom. The molecule has 1 aromatic heterocycles. The Hall–Kier alpha value is -5.63. The fraction of sp³-hybridized carbons (Fsp3) is 0.294. The maximum Gasteiger partial charge on any atom is 0.348 e. The summed E-state index contributed by atoms with van der Waals surface area (Å²) in [5.74, 6) is -5.09. The number of hydrogen-bond donors (Lipinski definition) is 6. The van der Waals surface area contributed by atoms with Crippen molar-refractivity contribution < 1.29 is 42.1 Å². The van der Waals surface area contributed by atoms with Crippen molar-refractivity contribution in [3.8, 4) is 0 Å². The van der Waals surface area contributed by atoms with Crippen LogP contribution in [0.2, 0.25) is 0 Å². The van der Waals surface area contributed by atoms with Crippen LogP contribution in [-0.2, 0) is 14.4 Å². The Labute approximate surface area is 305 Å². The number of nitrogens with zero attached hydrogens (tertiary/aromatic N) is 2. The molecule has 0 aliphatic carbocycles. The number of nitrogens with one attached hydrogen (secondary N) is 6. The maximum atomic E-state index is 14.6. The number of amides is 3. The SMILES string of the molecule is CC(=O)Nc1cc(NCCOCCNCCCONC(=O)c2ccc(F)c(F)c2Nc2ccc(C)cc2F)ccc1C(=O)Nc1nc(C)c([N+](=O)[O-])s1. The van der Waals surface area contributed by atoms with Crippen LogP contribution in [0.5, 0.6) is 0 Å². The van der Waals surface area contributed by atoms with Gasteiger partial charge in [0.25, 0.3) is 11.8 Å². The summed E-state index contributed by atoms with van der Waals surface area (Å²) in [6.07, 6.45) is 0.493. The Balaban J connectivity index is 1.12. The van der Waals surface area contributed by atoms with E-state index in [1.54, 1.807) is 25.1 Å². The summed E-state index contributed by atoms with van der Waals surface area (Å²) in [6.45, 7) is 6.73. The van der Waals surface area contributed by atoms with Gasteiger partial charge < -0.3 is 26.0 Å². The monoisotopic (exact) mass is 758 g/mol. The van der Waals surface area contributed by atoms with Crippen LogP contribution in [0, 0.1) is 41.4 Å². The summed E-state index contributed by atoms with van der Waals surface area (Å²) in [5.41, 5.74) is 3.03. The molecule has 0 radical (unpaired) electrons. The highest BCUT2D eigenvalue weighted by molar-refractivity contribution is 7.19. The van der Waals surface area contributed by atoms with Crippen molar-refractivity contribution in [3.05, 3.63) is 98.5 Å². The summed E-state index contributed by atoms with van der Waals surface area (Å²) >= 11 is 0.732. The average molecular weight is 759 g/mol. The quantitative estimate of drug-likeness (QED) is 0.0384. The summed E-state index contributed by atoms with van der Waals surface area (Å²) < 4.78 is 48.4. The average Bonchev–Trinajstić information content (AvgIpc) is 3.47. The number of carbonyl (C=O) groups is 3. The van der Waals surface area contributed by atoms with Gasteiger partial charge in [0.2, 0.25) is 5.91 Å². The molecule has 15 nitrogen and oxygen atoms in total. The second-order valence-corrected chi connectivity index (χ2v) is 12.4. The fourth-order valence-electron chi connectivity index (χ4n) is 4.72. The van der Waals surface area contributed by atoms with E-state index in [1.807, 2.05) is 0 Å². The van der Waals surface area contributed by atoms with Crippen molar-refractivity contribution in [1.29, 1.82) is 0 Å². The van der Waals surface area contributed by atoms with Crippen LogP contribution in [-0.4, -0.2) is 67.1 Å². The molecule has 0 bridgehead atoms. The largest absolute Gasteiger partial charge is 0.383 e. The van der Waals surface area contributed by atoms with Gasteiger partial charge in [0.15, 0.2) is 16.8 Å². The highest BCUT2D eigenvalue weighted by Crippen LogP contribution is 2.31. The molecule has 0 aliphatic heterocycles. The van der Waals surface area contributed by atoms with Gasteiger partial charge in [-0.2, -0.15) is 0 Å². The van der Waals surface area contributed by atoms with Crippen LogP contribution in [0.4, 0.5) is 46.1 Å². The first-order valence-electron chi connectivity index (χ1n) is 16.1. The van der Waals surface area contributed by atoms with Crippen molar-refractivity contribution in [1.82, 2.24) is 15.8 Å². The molecule has 0 saturated heterocycles. The Bertz CT molecular complexity index is 1960. The van der Waals surface area contributed by atoms with Crippen molar-refractivity contribution >= 4 is 61.9 Å². The van der Waals surface area contributed by atoms with E-state index >= 15 is 0 Å². The molecule has 4 rings (SSSR count). The lowest BCUT2D eigenvalue weighted by Crippen LogP contribution is -2.27. The van der Waals surface area contributed by atoms with Gasteiger partial charge in [-0.15, -0.1) is 0 Å². The van der Waals surface area contributed by atoms with Gasteiger partial charge in [-0.25, -0.2) is 23.6 Å². The Morgan fingerprint density at radius 2 is 1.62 bits per heavy atom. The van der Waals surface area contributed by atoms with Crippen molar-refractivity contribution in [2.75, 3.05) is 60.7 Å². The van der Waals surface area contributed by atoms with E-state index in [1.165, 1.54) is 32.0 Å². The first kappa shape index (κ1) is 40.1. The molecule has 0 saturated carbocycles. The zero-order chi connectivity index (χ0) is 38.5. The first-order valence-corrected chi connectivity index (χ1v) is 17.0. The molecule has 6 N–H and O–H groups in total. The second kappa shape index (κ2) is 19.3. The predicted molar refractivity (Wildman–Crippen MR) is 193 cm³/mol. The number of benzene rings is 3. The molecule has 282 valence electrons. The number of rotatable bonds is 19. The van der Waals surface area contributed by atoms with Crippen LogP contribution < -0.4 is 32.1 Å². The molecule has 1 heterocycles. The highest BCUT2D eigenvalue weighted by Gasteiger charge is 2.22. The van der Waals surface area contributed by atoms with Gasteiger partial charge in [0.05, 0.1) is 52.9 Å². The Kier molecular flexibility index (Phi) is 14.6. The van der Waals surface area contributed by atoms with E-state index in [0.29, 0.717) is 50.5 Å². The smallest absolute Gasteiger partial charge is 0.348 e. The molecule has 0 aliphatic rings. The number of halogens is 3. The molecule has 3 amide bonds. The van der Waals surface area contributed by atoms with Gasteiger partial charge in [-0.1, -0.05) is 6.07 Å². The first-order chi connectivity index (χ1) is 25.3. The van der Waals surface area contributed by atoms with Crippen LogP contribution in [0.3, 0.4) is 0 Å². The normalized spacial score (nSPS) is 10.8. The van der Waals surface area contributed by atoms with E-state index < -0.39 is 45.8 Å². The topological polar surface area (TPSA) is 198 Å². The lowest BCUT2D eigenvalue weighted by molar-refractivity contribution is -0.380. The summed E-state index contributed by atoms with van der Waals surface area (Å²) in [5, 5.41) is 24.9. The Morgan fingerprint density at radius 1 is 0.868 bits per heavy atom. The minimum Gasteiger partial charge on any atom is -0.383 e. The zero-order valence-corrected chi connectivity index (χ0v) is 29.7. The number of hydroxylamine groups is 1. The summed E-state index contributed by atoms with van der Waals surface area (Å²) in [6, 6.07) is 10.7. The van der Waals surface area contributed by atoms with Gasteiger partial charge in [0.1, 0.15) is 11.5 Å². The van der Waals surface area contributed by atoms with Crippen LogP contribution >= 0.6 is 11.3 Å². The van der Waals surface area contributed by atoms with Gasteiger partial charge in [0, 0.05) is 25.7 Å². The molecule has 0 unspecified atom stereocenters. The summed E-state index contributed by atoms with van der Waals surface area (Å²) in [4.78, 5) is 57.1. The lowest BCUT2D eigenvalue weighted by Gasteiger charge is -2.14. The van der Waals surface area contributed by atoms with E-state index in [-0.39, 0.29) is 44.9 Å². The van der Waals surface area contributed by atoms with E-state index in [0.717, 1.165) is 23.5 Å². The summed E-state index contributed by atoms with van der Waals surface area (Å²) in [7, 11) is 0. The molecular formula is C34H37F3N8O7S. The maximum absolute atomic E-state index is 14.6. The highest BCUT2D eigenvalue weighted by atomic mass is 32.1. The molecule has 0 atom stereocenters. The third-order valence-electron chi connectivity index (χ3n) is 7.22. The van der Waals surface area contributed by atoms with E-state index in [9.17, 15) is 37.7 Å². The minimum absolute atomic E-state index is 0.0581. The molecule has 3 aromatic carbocycles. The predicted octanol–water partition coefficient (Wildman–Crippen LogP) is 5.81. The fourth-order valence-corrected chi connectivity index (χ4v) is 5.50. The van der Waals surface area contributed by atoms with Crippen LogP contribution in [0.1, 0.15) is 45.3 Å². The molecule has 0 fully saturated rings. The number of nitro groups is 1. The third-order valence-corrected chi connectivity index (χ3v) is 8.25. The van der Waals surface area contributed by atoms with Gasteiger partial charge in [-0.05, 0) is 86.2 Å². The van der Waals surface area contributed by atoms with Crippen molar-refractivity contribution in [2.45, 2.75) is 27.2 Å². The number of ether oxygens (including phenoxy) is 1. The van der Waals surface area contributed by atoms with Crippen molar-refractivity contribution in [2.24, 2.45) is 0 Å². The van der Waals surface area contributed by atoms with Crippen LogP contribution in [0.25, 0.3) is 0 Å². The molecular weight excluding hydrogens is 721 g/mol. The number of hydrogen-bond acceptors (Lipinski definition) is 12. The van der Waals surface area contributed by atoms with Crippen LogP contribution in [0.15, 0.2) is 48.5 Å². The number of carbonyl (C=O) groups excluding carboxylic acids is 3.